The Kier molecular flexibility index (Phi) is 5.26. The molecule has 1 aromatic rings. The van der Waals surface area contributed by atoms with Crippen LogP contribution in [-0.4, -0.2) is 45.5 Å². The normalized spacial score (nSPS) is 12.0. The van der Waals surface area contributed by atoms with Crippen molar-refractivity contribution >= 4 is 5.91 Å². The molecule has 0 unspecified atom stereocenters. The molecule has 0 atom stereocenters. The van der Waals surface area contributed by atoms with E-state index in [0.717, 1.165) is 7.11 Å². The second-order valence-corrected chi connectivity index (χ2v) is 3.25. The second-order valence-electron chi connectivity index (χ2n) is 3.25. The zero-order valence-electron chi connectivity index (χ0n) is 10.6. The van der Waals surface area contributed by atoms with Crippen LogP contribution in [0.25, 0.3) is 0 Å². The van der Waals surface area contributed by atoms with Crippen LogP contribution in [0.5, 0.6) is 17.2 Å². The van der Waals surface area contributed by atoms with Crippen LogP contribution in [0.1, 0.15) is 10.4 Å². The number of benzene rings is 1. The third-order valence-corrected chi connectivity index (χ3v) is 2.34. The van der Waals surface area contributed by atoms with Crippen molar-refractivity contribution in [1.29, 1.82) is 0 Å². The number of amides is 1. The summed E-state index contributed by atoms with van der Waals surface area (Å²) in [6.45, 7) is 0.894. The molecule has 0 saturated carbocycles. The lowest BCUT2D eigenvalue weighted by Crippen LogP contribution is -2.23. The van der Waals surface area contributed by atoms with Crippen molar-refractivity contribution in [1.82, 2.24) is 5.32 Å². The van der Waals surface area contributed by atoms with Gasteiger partial charge >= 0.3 is 0 Å². The lowest BCUT2D eigenvalue weighted by Gasteiger charge is -2.22. The SMILES string of the molecule is CNC(=O)c1ccc(OC)c2c1OCCO2.CO. The van der Waals surface area contributed by atoms with Gasteiger partial charge in [0.05, 0.1) is 12.7 Å². The predicted octanol–water partition coefficient (Wildman–Crippen LogP) is 0.434. The Labute approximate surface area is 105 Å². The first kappa shape index (κ1) is 14.1. The van der Waals surface area contributed by atoms with Gasteiger partial charge in [-0.25, -0.2) is 0 Å². The van der Waals surface area contributed by atoms with Crippen molar-refractivity contribution in [2.24, 2.45) is 0 Å². The van der Waals surface area contributed by atoms with Crippen LogP contribution >= 0.6 is 0 Å². The number of aliphatic hydroxyl groups excluding tert-OH is 1. The van der Waals surface area contributed by atoms with Crippen LogP contribution in [-0.2, 0) is 0 Å². The Balaban J connectivity index is 0.000000771. The minimum absolute atomic E-state index is 0.204. The third-order valence-electron chi connectivity index (χ3n) is 2.34. The summed E-state index contributed by atoms with van der Waals surface area (Å²) in [6, 6.07) is 3.35. The highest BCUT2D eigenvalue weighted by Gasteiger charge is 2.23. The minimum Gasteiger partial charge on any atom is -0.493 e. The van der Waals surface area contributed by atoms with Crippen LogP contribution in [0.3, 0.4) is 0 Å². The first-order valence-corrected chi connectivity index (χ1v) is 5.41. The highest BCUT2D eigenvalue weighted by atomic mass is 16.6. The van der Waals surface area contributed by atoms with E-state index < -0.39 is 0 Å². The molecule has 0 spiro atoms. The summed E-state index contributed by atoms with van der Waals surface area (Å²) in [5, 5.41) is 9.55. The molecule has 6 nitrogen and oxygen atoms in total. The van der Waals surface area contributed by atoms with Crippen molar-refractivity contribution in [2.45, 2.75) is 0 Å². The molecule has 2 N–H and O–H groups in total. The van der Waals surface area contributed by atoms with E-state index in [-0.39, 0.29) is 5.91 Å². The molecule has 0 aliphatic carbocycles. The Bertz CT molecular complexity index is 419. The number of hydrogen-bond donors (Lipinski definition) is 2. The van der Waals surface area contributed by atoms with Gasteiger partial charge in [-0.2, -0.15) is 0 Å². The van der Waals surface area contributed by atoms with Gasteiger partial charge in [-0.3, -0.25) is 4.79 Å². The van der Waals surface area contributed by atoms with Gasteiger partial charge in [0.1, 0.15) is 13.2 Å². The molecule has 100 valence electrons. The summed E-state index contributed by atoms with van der Waals surface area (Å²) >= 11 is 0. The van der Waals surface area contributed by atoms with E-state index in [1.807, 2.05) is 0 Å². The van der Waals surface area contributed by atoms with Crippen molar-refractivity contribution < 1.29 is 24.1 Å². The molecule has 18 heavy (non-hydrogen) atoms. The lowest BCUT2D eigenvalue weighted by atomic mass is 10.1. The molecule has 1 aromatic carbocycles. The van der Waals surface area contributed by atoms with Gasteiger partial charge in [0, 0.05) is 14.2 Å². The highest BCUT2D eigenvalue weighted by Crippen LogP contribution is 2.41. The van der Waals surface area contributed by atoms with E-state index in [4.69, 9.17) is 19.3 Å². The van der Waals surface area contributed by atoms with E-state index in [1.165, 1.54) is 0 Å². The zero-order valence-corrected chi connectivity index (χ0v) is 10.6. The van der Waals surface area contributed by atoms with Gasteiger partial charge < -0.3 is 24.6 Å². The molecule has 0 saturated heterocycles. The van der Waals surface area contributed by atoms with Crippen molar-refractivity contribution in [3.05, 3.63) is 17.7 Å². The Morgan fingerprint density at radius 1 is 1.28 bits per heavy atom. The maximum atomic E-state index is 11.6. The molecule has 2 rings (SSSR count). The summed E-state index contributed by atoms with van der Waals surface area (Å²) in [6.07, 6.45) is 0. The molecule has 6 heteroatoms. The number of rotatable bonds is 2. The van der Waals surface area contributed by atoms with Crippen LogP contribution in [0, 0.1) is 0 Å². The fourth-order valence-electron chi connectivity index (χ4n) is 1.59. The Morgan fingerprint density at radius 2 is 1.89 bits per heavy atom. The quantitative estimate of drug-likeness (QED) is 0.801. The van der Waals surface area contributed by atoms with Crippen LogP contribution in [0.2, 0.25) is 0 Å². The lowest BCUT2D eigenvalue weighted by molar-refractivity contribution is 0.0951. The van der Waals surface area contributed by atoms with E-state index in [0.29, 0.717) is 36.0 Å². The van der Waals surface area contributed by atoms with E-state index in [9.17, 15) is 4.79 Å². The molecule has 0 aromatic heterocycles. The van der Waals surface area contributed by atoms with Gasteiger partial charge in [-0.05, 0) is 12.1 Å². The predicted molar refractivity (Wildman–Crippen MR) is 65.5 cm³/mol. The number of carbonyl (C=O) groups excluding carboxylic acids is 1. The molecule has 0 bridgehead atoms. The smallest absolute Gasteiger partial charge is 0.254 e. The Hall–Kier alpha value is -1.95. The number of nitrogens with one attached hydrogen (secondary N) is 1. The van der Waals surface area contributed by atoms with Crippen LogP contribution in [0.4, 0.5) is 0 Å². The number of ether oxygens (including phenoxy) is 3. The van der Waals surface area contributed by atoms with Crippen molar-refractivity contribution in [3.63, 3.8) is 0 Å². The second kappa shape index (κ2) is 6.70. The van der Waals surface area contributed by atoms with Gasteiger partial charge in [0.2, 0.25) is 5.75 Å². The fourth-order valence-corrected chi connectivity index (χ4v) is 1.59. The molecule has 1 amide bonds. The Morgan fingerprint density at radius 3 is 2.44 bits per heavy atom. The average molecular weight is 255 g/mol. The molecular formula is C12H17NO5. The van der Waals surface area contributed by atoms with E-state index >= 15 is 0 Å². The minimum atomic E-state index is -0.204. The molecule has 1 aliphatic rings. The van der Waals surface area contributed by atoms with E-state index in [1.54, 1.807) is 26.3 Å². The topological polar surface area (TPSA) is 77.0 Å². The monoisotopic (exact) mass is 255 g/mol. The van der Waals surface area contributed by atoms with Crippen molar-refractivity contribution in [3.8, 4) is 17.2 Å². The largest absolute Gasteiger partial charge is 0.493 e. The van der Waals surface area contributed by atoms with Crippen molar-refractivity contribution in [2.75, 3.05) is 34.5 Å². The number of aliphatic hydroxyl groups is 1. The number of hydrogen-bond acceptors (Lipinski definition) is 5. The first-order valence-electron chi connectivity index (χ1n) is 5.41. The van der Waals surface area contributed by atoms with Gasteiger partial charge in [0.25, 0.3) is 5.91 Å². The third kappa shape index (κ3) is 2.65. The van der Waals surface area contributed by atoms with Crippen LogP contribution < -0.4 is 19.5 Å². The first-order chi connectivity index (χ1) is 8.77. The fraction of sp³-hybridized carbons (Fsp3) is 0.417. The zero-order chi connectivity index (χ0) is 13.5. The molecule has 0 fully saturated rings. The molecule has 1 heterocycles. The summed E-state index contributed by atoms with van der Waals surface area (Å²) in [4.78, 5) is 11.6. The molecule has 1 aliphatic heterocycles. The standard InChI is InChI=1S/C11H13NO4.CH4O/c1-12-11(13)7-3-4-8(14-2)10-9(7)15-5-6-16-10;1-2/h3-4H,5-6H2,1-2H3,(H,12,13);2H,1H3. The maximum absolute atomic E-state index is 11.6. The highest BCUT2D eigenvalue weighted by molar-refractivity contribution is 5.98. The summed E-state index contributed by atoms with van der Waals surface area (Å²) in [7, 11) is 4.12. The molecule has 0 radical (unpaired) electrons. The van der Waals surface area contributed by atoms with Gasteiger partial charge in [-0.15, -0.1) is 0 Å². The summed E-state index contributed by atoms with van der Waals surface area (Å²) in [5.74, 6) is 1.31. The number of fused-ring (bicyclic) bond motifs is 1. The summed E-state index contributed by atoms with van der Waals surface area (Å²) < 4.78 is 16.0. The summed E-state index contributed by atoms with van der Waals surface area (Å²) in [5.41, 5.74) is 0.456. The van der Waals surface area contributed by atoms with E-state index in [2.05, 4.69) is 5.32 Å². The number of methoxy groups -OCH3 is 1. The molecular weight excluding hydrogens is 238 g/mol. The maximum Gasteiger partial charge on any atom is 0.254 e. The average Bonchev–Trinajstić information content (AvgIpc) is 2.47. The number of carbonyl (C=O) groups is 1. The van der Waals surface area contributed by atoms with Gasteiger partial charge in [0.15, 0.2) is 11.5 Å². The van der Waals surface area contributed by atoms with Gasteiger partial charge in [-0.1, -0.05) is 0 Å². The van der Waals surface area contributed by atoms with Crippen LogP contribution in [0.15, 0.2) is 12.1 Å².